The number of hydrogen-bond acceptors (Lipinski definition) is 3. The Balaban J connectivity index is 2.69. The van der Waals surface area contributed by atoms with E-state index < -0.39 is 24.0 Å². The van der Waals surface area contributed by atoms with Crippen molar-refractivity contribution in [2.75, 3.05) is 0 Å². The van der Waals surface area contributed by atoms with E-state index in [1.54, 1.807) is 49.4 Å². The van der Waals surface area contributed by atoms with Gasteiger partial charge < -0.3 is 15.5 Å². The first-order valence-electron chi connectivity index (χ1n) is 5.93. The Morgan fingerprint density at radius 1 is 1.32 bits per heavy atom. The second kappa shape index (κ2) is 7.33. The maximum absolute atomic E-state index is 11.8. The molecule has 0 spiro atoms. The van der Waals surface area contributed by atoms with Crippen molar-refractivity contribution in [1.29, 1.82) is 0 Å². The van der Waals surface area contributed by atoms with Gasteiger partial charge in [0.25, 0.3) is 5.91 Å². The Morgan fingerprint density at radius 2 is 1.95 bits per heavy atom. The quantitative estimate of drug-likeness (QED) is 0.674. The van der Waals surface area contributed by atoms with Crippen LogP contribution in [0.15, 0.2) is 42.5 Å². The fraction of sp³-hybridized carbons (Fsp3) is 0.286. The van der Waals surface area contributed by atoms with Crippen LogP contribution in [0.25, 0.3) is 0 Å². The van der Waals surface area contributed by atoms with Crippen LogP contribution in [0.1, 0.15) is 25.0 Å². The molecule has 0 saturated carbocycles. The molecule has 0 radical (unpaired) electrons. The van der Waals surface area contributed by atoms with Gasteiger partial charge in [0.05, 0.1) is 0 Å². The zero-order chi connectivity index (χ0) is 14.3. The van der Waals surface area contributed by atoms with Crippen LogP contribution < -0.4 is 5.32 Å². The van der Waals surface area contributed by atoms with E-state index >= 15 is 0 Å². The Hall–Kier alpha value is -2.14. The number of rotatable bonds is 6. The third-order valence-corrected chi connectivity index (χ3v) is 2.59. The van der Waals surface area contributed by atoms with Gasteiger partial charge in [0.15, 0.2) is 6.10 Å². The largest absolute Gasteiger partial charge is 0.480 e. The minimum atomic E-state index is -1.37. The molecule has 2 atom stereocenters. The van der Waals surface area contributed by atoms with Crippen LogP contribution in [0, 0.1) is 0 Å². The number of carboxylic acids is 1. The molecule has 1 aromatic rings. The highest BCUT2D eigenvalue weighted by molar-refractivity contribution is 5.87. The van der Waals surface area contributed by atoms with E-state index in [-0.39, 0.29) is 6.42 Å². The summed E-state index contributed by atoms with van der Waals surface area (Å²) in [6, 6.07) is 7.32. The molecule has 0 saturated heterocycles. The van der Waals surface area contributed by atoms with Crippen LogP contribution in [0.4, 0.5) is 0 Å². The molecule has 5 heteroatoms. The van der Waals surface area contributed by atoms with Gasteiger partial charge in [0.1, 0.15) is 6.04 Å². The van der Waals surface area contributed by atoms with E-state index in [0.29, 0.717) is 5.56 Å². The van der Waals surface area contributed by atoms with Crippen molar-refractivity contribution >= 4 is 11.9 Å². The minimum Gasteiger partial charge on any atom is -0.480 e. The molecular formula is C14H17NO4. The van der Waals surface area contributed by atoms with Gasteiger partial charge in [0, 0.05) is 0 Å². The molecule has 0 aliphatic heterocycles. The summed E-state index contributed by atoms with van der Waals surface area (Å²) in [6.07, 6.45) is 2.16. The molecule has 102 valence electrons. The first kappa shape index (κ1) is 14.9. The van der Waals surface area contributed by atoms with Crippen molar-refractivity contribution in [2.45, 2.75) is 25.5 Å². The van der Waals surface area contributed by atoms with Gasteiger partial charge in [-0.2, -0.15) is 0 Å². The van der Waals surface area contributed by atoms with E-state index in [1.807, 2.05) is 0 Å². The lowest BCUT2D eigenvalue weighted by Gasteiger charge is -2.16. The van der Waals surface area contributed by atoms with E-state index in [0.717, 1.165) is 0 Å². The van der Waals surface area contributed by atoms with Crippen LogP contribution in [0.2, 0.25) is 0 Å². The number of benzene rings is 1. The first-order valence-corrected chi connectivity index (χ1v) is 5.93. The summed E-state index contributed by atoms with van der Waals surface area (Å²) in [5.74, 6) is -1.85. The standard InChI is InChI=1S/C14H17NO4/c1-2-3-9-11(14(18)19)15-13(17)12(16)10-7-5-4-6-8-10/h2-8,11-12,16H,9H2,1H3,(H,15,17)(H,18,19)/b3-2+/t11?,12-/m1/s1. The van der Waals surface area contributed by atoms with Crippen molar-refractivity contribution < 1.29 is 19.8 Å². The van der Waals surface area contributed by atoms with Crippen LogP contribution in [-0.4, -0.2) is 28.1 Å². The van der Waals surface area contributed by atoms with Crippen LogP contribution in [0.3, 0.4) is 0 Å². The third-order valence-electron chi connectivity index (χ3n) is 2.59. The summed E-state index contributed by atoms with van der Waals surface area (Å²) >= 11 is 0. The Bertz CT molecular complexity index is 456. The molecule has 5 nitrogen and oxygen atoms in total. The molecule has 1 aromatic carbocycles. The molecule has 3 N–H and O–H groups in total. The molecule has 0 aliphatic rings. The maximum atomic E-state index is 11.8. The predicted octanol–water partition coefficient (Wildman–Crippen LogP) is 1.26. The highest BCUT2D eigenvalue weighted by Gasteiger charge is 2.23. The number of aliphatic hydroxyl groups excluding tert-OH is 1. The SMILES string of the molecule is C/C=C/CC(NC(=O)[C@H](O)c1ccccc1)C(=O)O. The highest BCUT2D eigenvalue weighted by Crippen LogP contribution is 2.12. The van der Waals surface area contributed by atoms with Gasteiger partial charge in [0.2, 0.25) is 0 Å². The molecule has 0 aliphatic carbocycles. The normalized spacial score (nSPS) is 14.0. The number of aliphatic hydroxyl groups is 1. The van der Waals surface area contributed by atoms with E-state index in [2.05, 4.69) is 5.32 Å². The second-order valence-corrected chi connectivity index (χ2v) is 4.02. The molecule has 1 amide bonds. The number of allylic oxidation sites excluding steroid dienone is 1. The average Bonchev–Trinajstić information content (AvgIpc) is 2.43. The van der Waals surface area contributed by atoms with Gasteiger partial charge in [-0.3, -0.25) is 4.79 Å². The number of nitrogens with one attached hydrogen (secondary N) is 1. The number of hydrogen-bond donors (Lipinski definition) is 3. The molecule has 0 fully saturated rings. The zero-order valence-electron chi connectivity index (χ0n) is 10.6. The molecular weight excluding hydrogens is 246 g/mol. The van der Waals surface area contributed by atoms with Crippen molar-refractivity contribution in [3.63, 3.8) is 0 Å². The fourth-order valence-corrected chi connectivity index (χ4v) is 1.53. The lowest BCUT2D eigenvalue weighted by atomic mass is 10.1. The summed E-state index contributed by atoms with van der Waals surface area (Å²) in [7, 11) is 0. The second-order valence-electron chi connectivity index (χ2n) is 4.02. The van der Waals surface area contributed by atoms with Crippen LogP contribution in [-0.2, 0) is 9.59 Å². The molecule has 0 aromatic heterocycles. The topological polar surface area (TPSA) is 86.6 Å². The van der Waals surface area contributed by atoms with Gasteiger partial charge in [-0.05, 0) is 18.9 Å². The Kier molecular flexibility index (Phi) is 5.75. The molecule has 1 unspecified atom stereocenters. The van der Waals surface area contributed by atoms with E-state index in [1.165, 1.54) is 0 Å². The Morgan fingerprint density at radius 3 is 2.47 bits per heavy atom. The third kappa shape index (κ3) is 4.56. The van der Waals surface area contributed by atoms with Crippen molar-refractivity contribution in [3.8, 4) is 0 Å². The van der Waals surface area contributed by atoms with E-state index in [4.69, 9.17) is 5.11 Å². The summed E-state index contributed by atoms with van der Waals surface area (Å²) in [6.45, 7) is 1.76. The number of carbonyl (C=O) groups is 2. The van der Waals surface area contributed by atoms with Gasteiger partial charge in [-0.25, -0.2) is 4.79 Å². The lowest BCUT2D eigenvalue weighted by molar-refractivity contribution is -0.143. The predicted molar refractivity (Wildman–Crippen MR) is 70.4 cm³/mol. The van der Waals surface area contributed by atoms with Gasteiger partial charge >= 0.3 is 5.97 Å². The average molecular weight is 263 g/mol. The van der Waals surface area contributed by atoms with E-state index in [9.17, 15) is 14.7 Å². The number of aliphatic carboxylic acids is 1. The molecule has 0 bridgehead atoms. The molecule has 1 rings (SSSR count). The van der Waals surface area contributed by atoms with Gasteiger partial charge in [-0.15, -0.1) is 0 Å². The fourth-order valence-electron chi connectivity index (χ4n) is 1.53. The number of amides is 1. The highest BCUT2D eigenvalue weighted by atomic mass is 16.4. The van der Waals surface area contributed by atoms with Crippen LogP contribution >= 0.6 is 0 Å². The summed E-state index contributed by atoms with van der Waals surface area (Å²) in [4.78, 5) is 22.7. The molecule has 19 heavy (non-hydrogen) atoms. The lowest BCUT2D eigenvalue weighted by Crippen LogP contribution is -2.42. The zero-order valence-corrected chi connectivity index (χ0v) is 10.6. The van der Waals surface area contributed by atoms with Crippen molar-refractivity contribution in [2.24, 2.45) is 0 Å². The maximum Gasteiger partial charge on any atom is 0.326 e. The monoisotopic (exact) mass is 263 g/mol. The summed E-state index contributed by atoms with van der Waals surface area (Å²) < 4.78 is 0. The first-order chi connectivity index (χ1) is 9.06. The summed E-state index contributed by atoms with van der Waals surface area (Å²) in [5.41, 5.74) is 0.426. The van der Waals surface area contributed by atoms with Crippen molar-refractivity contribution in [1.82, 2.24) is 5.32 Å². The summed E-state index contributed by atoms with van der Waals surface area (Å²) in [5, 5.41) is 21.1. The number of carbonyl (C=O) groups excluding carboxylic acids is 1. The number of carboxylic acid groups (broad SMARTS) is 1. The van der Waals surface area contributed by atoms with Crippen molar-refractivity contribution in [3.05, 3.63) is 48.0 Å². The Labute approximate surface area is 111 Å². The van der Waals surface area contributed by atoms with Crippen LogP contribution in [0.5, 0.6) is 0 Å². The van der Waals surface area contributed by atoms with Gasteiger partial charge in [-0.1, -0.05) is 42.5 Å². The molecule has 0 heterocycles. The minimum absolute atomic E-state index is 0.180. The smallest absolute Gasteiger partial charge is 0.326 e.